The lowest BCUT2D eigenvalue weighted by Gasteiger charge is -2.35. The molecule has 0 spiro atoms. The molecule has 5 nitrogen and oxygen atoms in total. The van der Waals surface area contributed by atoms with Gasteiger partial charge in [-0.2, -0.15) is 0 Å². The van der Waals surface area contributed by atoms with Crippen molar-refractivity contribution >= 4 is 34.4 Å². The van der Waals surface area contributed by atoms with Gasteiger partial charge in [0.05, 0.1) is 18.2 Å². The van der Waals surface area contributed by atoms with Crippen molar-refractivity contribution in [2.75, 3.05) is 33.3 Å². The number of piperazine rings is 1. The number of methoxy groups -OCH3 is 1. The van der Waals surface area contributed by atoms with Crippen molar-refractivity contribution in [2.24, 2.45) is 0 Å². The molecule has 130 valence electrons. The van der Waals surface area contributed by atoms with Crippen molar-refractivity contribution in [2.45, 2.75) is 0 Å². The third kappa shape index (κ3) is 3.78. The molecular formula is C19H19IN2O3. The standard InChI is InChI=1S/C19H19IN2O3/c1-25-17-9-5-3-7-15(17)19(24)22-12-10-21(11-13-22)18(23)14-6-2-4-8-16(14)20/h2-9H,10-13H2,1H3. The summed E-state index contributed by atoms with van der Waals surface area (Å²) in [6.45, 7) is 2.10. The molecule has 0 radical (unpaired) electrons. The lowest BCUT2D eigenvalue weighted by molar-refractivity contribution is 0.0533. The fourth-order valence-corrected chi connectivity index (χ4v) is 3.53. The highest BCUT2D eigenvalue weighted by Gasteiger charge is 2.27. The summed E-state index contributed by atoms with van der Waals surface area (Å²) in [5.74, 6) is 0.540. The number of benzene rings is 2. The zero-order chi connectivity index (χ0) is 17.8. The van der Waals surface area contributed by atoms with E-state index in [2.05, 4.69) is 22.6 Å². The van der Waals surface area contributed by atoms with Crippen LogP contribution in [0.3, 0.4) is 0 Å². The van der Waals surface area contributed by atoms with E-state index in [1.165, 1.54) is 0 Å². The van der Waals surface area contributed by atoms with Gasteiger partial charge in [0, 0.05) is 29.7 Å². The van der Waals surface area contributed by atoms with E-state index in [9.17, 15) is 9.59 Å². The molecule has 25 heavy (non-hydrogen) atoms. The first-order valence-corrected chi connectivity index (χ1v) is 9.16. The normalized spacial score (nSPS) is 14.3. The van der Waals surface area contributed by atoms with E-state index in [1.807, 2.05) is 41.3 Å². The number of ether oxygens (including phenoxy) is 1. The molecule has 0 bridgehead atoms. The van der Waals surface area contributed by atoms with Crippen LogP contribution >= 0.6 is 22.6 Å². The Bertz CT molecular complexity index is 786. The molecule has 1 fully saturated rings. The summed E-state index contributed by atoms with van der Waals surface area (Å²) in [6, 6.07) is 14.8. The van der Waals surface area contributed by atoms with Crippen molar-refractivity contribution in [3.05, 3.63) is 63.2 Å². The molecule has 3 rings (SSSR count). The van der Waals surface area contributed by atoms with Gasteiger partial charge in [0.2, 0.25) is 0 Å². The molecule has 6 heteroatoms. The Balaban J connectivity index is 1.67. The summed E-state index contributed by atoms with van der Waals surface area (Å²) >= 11 is 2.18. The van der Waals surface area contributed by atoms with Gasteiger partial charge in [0.15, 0.2) is 0 Å². The Hall–Kier alpha value is -2.09. The number of rotatable bonds is 3. The van der Waals surface area contributed by atoms with Crippen molar-refractivity contribution in [3.63, 3.8) is 0 Å². The van der Waals surface area contributed by atoms with Crippen LogP contribution in [-0.4, -0.2) is 54.9 Å². The topological polar surface area (TPSA) is 49.9 Å². The van der Waals surface area contributed by atoms with Crippen molar-refractivity contribution in [1.29, 1.82) is 0 Å². The summed E-state index contributed by atoms with van der Waals surface area (Å²) in [5.41, 5.74) is 1.27. The highest BCUT2D eigenvalue weighted by atomic mass is 127. The lowest BCUT2D eigenvalue weighted by Crippen LogP contribution is -2.50. The molecule has 2 amide bonds. The Kier molecular flexibility index (Phi) is 5.57. The third-order valence-electron chi connectivity index (χ3n) is 4.30. The Labute approximate surface area is 160 Å². The predicted octanol–water partition coefficient (Wildman–Crippen LogP) is 2.90. The summed E-state index contributed by atoms with van der Waals surface area (Å²) in [4.78, 5) is 29.0. The minimum Gasteiger partial charge on any atom is -0.496 e. The number of carbonyl (C=O) groups excluding carboxylic acids is 2. The first-order chi connectivity index (χ1) is 12.1. The van der Waals surface area contributed by atoms with Crippen LogP contribution in [0.1, 0.15) is 20.7 Å². The van der Waals surface area contributed by atoms with Crippen LogP contribution in [0.15, 0.2) is 48.5 Å². The van der Waals surface area contributed by atoms with Gasteiger partial charge in [0.25, 0.3) is 11.8 Å². The second-order valence-electron chi connectivity index (χ2n) is 5.76. The highest BCUT2D eigenvalue weighted by molar-refractivity contribution is 14.1. The number of nitrogens with zero attached hydrogens (tertiary/aromatic N) is 2. The largest absolute Gasteiger partial charge is 0.496 e. The maximum Gasteiger partial charge on any atom is 0.257 e. The van der Waals surface area contributed by atoms with Gasteiger partial charge in [-0.1, -0.05) is 24.3 Å². The van der Waals surface area contributed by atoms with E-state index in [4.69, 9.17) is 4.74 Å². The van der Waals surface area contributed by atoms with E-state index in [0.29, 0.717) is 43.1 Å². The van der Waals surface area contributed by atoms with Crippen LogP contribution in [0, 0.1) is 3.57 Å². The van der Waals surface area contributed by atoms with Crippen LogP contribution < -0.4 is 4.74 Å². The first-order valence-electron chi connectivity index (χ1n) is 8.08. The summed E-state index contributed by atoms with van der Waals surface area (Å²) in [6.07, 6.45) is 0. The molecule has 0 aliphatic carbocycles. The maximum absolute atomic E-state index is 12.7. The van der Waals surface area contributed by atoms with Crippen molar-refractivity contribution in [3.8, 4) is 5.75 Å². The molecule has 1 aliphatic heterocycles. The fourth-order valence-electron chi connectivity index (χ4n) is 2.91. The van der Waals surface area contributed by atoms with Crippen LogP contribution in [0.25, 0.3) is 0 Å². The van der Waals surface area contributed by atoms with E-state index in [-0.39, 0.29) is 11.8 Å². The number of hydrogen-bond donors (Lipinski definition) is 0. The van der Waals surface area contributed by atoms with E-state index in [1.54, 1.807) is 24.1 Å². The monoisotopic (exact) mass is 450 g/mol. The number of para-hydroxylation sites is 1. The van der Waals surface area contributed by atoms with Gasteiger partial charge >= 0.3 is 0 Å². The molecule has 0 saturated carbocycles. The Morgan fingerprint density at radius 2 is 1.32 bits per heavy atom. The van der Waals surface area contributed by atoms with Gasteiger partial charge in [-0.15, -0.1) is 0 Å². The molecule has 2 aromatic carbocycles. The molecule has 0 aromatic heterocycles. The van der Waals surface area contributed by atoms with Gasteiger partial charge in [-0.05, 0) is 46.9 Å². The quantitative estimate of drug-likeness (QED) is 0.676. The molecule has 0 unspecified atom stereocenters. The van der Waals surface area contributed by atoms with E-state index in [0.717, 1.165) is 3.57 Å². The zero-order valence-electron chi connectivity index (χ0n) is 13.9. The molecule has 0 atom stereocenters. The molecule has 0 N–H and O–H groups in total. The number of halogens is 1. The molecule has 2 aromatic rings. The lowest BCUT2D eigenvalue weighted by atomic mass is 10.1. The van der Waals surface area contributed by atoms with Crippen LogP contribution in [-0.2, 0) is 0 Å². The minimum atomic E-state index is -0.0566. The zero-order valence-corrected chi connectivity index (χ0v) is 16.1. The van der Waals surface area contributed by atoms with Gasteiger partial charge in [0.1, 0.15) is 5.75 Å². The summed E-state index contributed by atoms with van der Waals surface area (Å²) in [7, 11) is 1.56. The fraction of sp³-hybridized carbons (Fsp3) is 0.263. The predicted molar refractivity (Wildman–Crippen MR) is 104 cm³/mol. The smallest absolute Gasteiger partial charge is 0.257 e. The molecule has 1 heterocycles. The van der Waals surface area contributed by atoms with Crippen LogP contribution in [0.4, 0.5) is 0 Å². The second-order valence-corrected chi connectivity index (χ2v) is 6.93. The van der Waals surface area contributed by atoms with Gasteiger partial charge < -0.3 is 14.5 Å². The highest BCUT2D eigenvalue weighted by Crippen LogP contribution is 2.21. The average Bonchev–Trinajstić information content (AvgIpc) is 2.67. The third-order valence-corrected chi connectivity index (χ3v) is 5.24. The van der Waals surface area contributed by atoms with Gasteiger partial charge in [-0.3, -0.25) is 9.59 Å². The van der Waals surface area contributed by atoms with Crippen molar-refractivity contribution in [1.82, 2.24) is 9.80 Å². The number of carbonyl (C=O) groups is 2. The average molecular weight is 450 g/mol. The summed E-state index contributed by atoms with van der Waals surface area (Å²) in [5, 5.41) is 0. The Morgan fingerprint density at radius 1 is 0.840 bits per heavy atom. The van der Waals surface area contributed by atoms with Crippen molar-refractivity contribution < 1.29 is 14.3 Å². The van der Waals surface area contributed by atoms with Crippen LogP contribution in [0.2, 0.25) is 0 Å². The summed E-state index contributed by atoms with van der Waals surface area (Å²) < 4.78 is 6.22. The minimum absolute atomic E-state index is 0.0226. The number of amides is 2. The molecule has 1 aliphatic rings. The van der Waals surface area contributed by atoms with E-state index < -0.39 is 0 Å². The van der Waals surface area contributed by atoms with E-state index >= 15 is 0 Å². The van der Waals surface area contributed by atoms with Gasteiger partial charge in [-0.25, -0.2) is 0 Å². The number of hydrogen-bond acceptors (Lipinski definition) is 3. The molecule has 1 saturated heterocycles. The maximum atomic E-state index is 12.7. The molecular weight excluding hydrogens is 431 g/mol. The Morgan fingerprint density at radius 3 is 1.88 bits per heavy atom. The second kappa shape index (κ2) is 7.86. The SMILES string of the molecule is COc1ccccc1C(=O)N1CCN(C(=O)c2ccccc2I)CC1. The van der Waals surface area contributed by atoms with Crippen LogP contribution in [0.5, 0.6) is 5.75 Å². The first kappa shape index (κ1) is 17.7.